The molecule has 1 aromatic heterocycles. The lowest BCUT2D eigenvalue weighted by Crippen LogP contribution is -2.28. The molecule has 1 unspecified atom stereocenters. The number of hydrogen-bond acceptors (Lipinski definition) is 3. The van der Waals surface area contributed by atoms with Crippen molar-refractivity contribution in [1.29, 1.82) is 5.26 Å². The van der Waals surface area contributed by atoms with Crippen molar-refractivity contribution in [3.63, 3.8) is 0 Å². The molecule has 1 amide bonds. The summed E-state index contributed by atoms with van der Waals surface area (Å²) in [5.74, 6) is 0.616. The summed E-state index contributed by atoms with van der Waals surface area (Å²) in [4.78, 5) is 17.0. The van der Waals surface area contributed by atoms with Gasteiger partial charge in [-0.1, -0.05) is 18.2 Å². The van der Waals surface area contributed by atoms with Crippen LogP contribution in [-0.2, 0) is 4.79 Å². The smallest absolute Gasteiger partial charge is 0.233 e. The topological polar surface area (TPSA) is 59.9 Å². The third kappa shape index (κ3) is 2.08. The first-order valence-corrected chi connectivity index (χ1v) is 7.20. The number of carbonyl (C=O) groups excluding carboxylic acids is 1. The van der Waals surface area contributed by atoms with E-state index in [-0.39, 0.29) is 11.3 Å². The van der Waals surface area contributed by atoms with Gasteiger partial charge in [-0.25, -0.2) is 0 Å². The van der Waals surface area contributed by atoms with E-state index in [0.717, 1.165) is 16.5 Å². The van der Waals surface area contributed by atoms with Gasteiger partial charge in [-0.15, -0.1) is 11.8 Å². The van der Waals surface area contributed by atoms with E-state index in [9.17, 15) is 4.79 Å². The molecule has 4 nitrogen and oxygen atoms in total. The molecule has 2 aromatic rings. The third-order valence-corrected chi connectivity index (χ3v) is 4.56. The average Bonchev–Trinajstić information content (AvgIpc) is 3.00. The molecule has 1 aliphatic heterocycles. The van der Waals surface area contributed by atoms with E-state index < -0.39 is 0 Å². The molecule has 1 aromatic carbocycles. The lowest BCUT2D eigenvalue weighted by Gasteiger charge is -2.22. The van der Waals surface area contributed by atoms with Crippen molar-refractivity contribution in [1.82, 2.24) is 9.88 Å². The van der Waals surface area contributed by atoms with Crippen LogP contribution < -0.4 is 0 Å². The summed E-state index contributed by atoms with van der Waals surface area (Å²) < 4.78 is 0. The molecule has 2 heterocycles. The van der Waals surface area contributed by atoms with Crippen molar-refractivity contribution in [2.75, 3.05) is 12.3 Å². The molecule has 0 radical (unpaired) electrons. The standard InChI is InChI=1S/C14H13N3OS/c15-6-3-7-17-13(18)9-19-14(17)11-8-16-12-5-2-1-4-10(11)12/h1-2,4-5,8,14,16H,3,7,9H2. The van der Waals surface area contributed by atoms with Crippen molar-refractivity contribution in [3.8, 4) is 6.07 Å². The molecular weight excluding hydrogens is 258 g/mol. The Kier molecular flexibility index (Phi) is 3.18. The van der Waals surface area contributed by atoms with Crippen LogP contribution in [0.4, 0.5) is 0 Å². The van der Waals surface area contributed by atoms with Gasteiger partial charge in [0.05, 0.1) is 18.2 Å². The summed E-state index contributed by atoms with van der Waals surface area (Å²) >= 11 is 1.63. The Bertz CT molecular complexity index is 658. The van der Waals surface area contributed by atoms with Crippen LogP contribution in [0.1, 0.15) is 17.4 Å². The summed E-state index contributed by atoms with van der Waals surface area (Å²) in [6, 6.07) is 10.2. The molecule has 0 saturated carbocycles. The van der Waals surface area contributed by atoms with Crippen molar-refractivity contribution < 1.29 is 4.79 Å². The van der Waals surface area contributed by atoms with Gasteiger partial charge >= 0.3 is 0 Å². The van der Waals surface area contributed by atoms with Gasteiger partial charge in [0.15, 0.2) is 0 Å². The molecular formula is C14H13N3OS. The van der Waals surface area contributed by atoms with Crippen molar-refractivity contribution in [2.24, 2.45) is 0 Å². The number of hydrogen-bond donors (Lipinski definition) is 1. The van der Waals surface area contributed by atoms with Gasteiger partial charge in [0, 0.05) is 29.2 Å². The number of nitriles is 1. The Hall–Kier alpha value is -1.93. The SMILES string of the molecule is N#CCCN1C(=O)CSC1c1c[nH]c2ccccc12. The van der Waals surface area contributed by atoms with Gasteiger partial charge in [-0.05, 0) is 6.07 Å². The van der Waals surface area contributed by atoms with Crippen LogP contribution in [0.25, 0.3) is 10.9 Å². The molecule has 5 heteroatoms. The first-order chi connectivity index (χ1) is 9.31. The molecule has 3 rings (SSSR count). The minimum absolute atomic E-state index is 0.0250. The predicted octanol–water partition coefficient (Wildman–Crippen LogP) is 2.66. The summed E-state index contributed by atoms with van der Waals surface area (Å²) in [6.07, 6.45) is 2.35. The van der Waals surface area contributed by atoms with Crippen molar-refractivity contribution >= 4 is 28.6 Å². The van der Waals surface area contributed by atoms with Gasteiger partial charge in [-0.3, -0.25) is 4.79 Å². The van der Waals surface area contributed by atoms with Crippen molar-refractivity contribution in [3.05, 3.63) is 36.0 Å². The average molecular weight is 271 g/mol. The maximum atomic E-state index is 11.9. The van der Waals surface area contributed by atoms with E-state index in [0.29, 0.717) is 18.7 Å². The minimum atomic E-state index is 0.0250. The maximum Gasteiger partial charge on any atom is 0.233 e. The van der Waals surface area contributed by atoms with Gasteiger partial charge < -0.3 is 9.88 Å². The van der Waals surface area contributed by atoms with Crippen LogP contribution >= 0.6 is 11.8 Å². The summed E-state index contributed by atoms with van der Waals surface area (Å²) in [5, 5.41) is 9.88. The molecule has 0 spiro atoms. The number of para-hydroxylation sites is 1. The number of fused-ring (bicyclic) bond motifs is 1. The fourth-order valence-corrected chi connectivity index (χ4v) is 3.67. The van der Waals surface area contributed by atoms with E-state index in [1.807, 2.05) is 29.3 Å². The molecule has 0 bridgehead atoms. The highest BCUT2D eigenvalue weighted by molar-refractivity contribution is 8.00. The molecule has 1 saturated heterocycles. The zero-order valence-corrected chi connectivity index (χ0v) is 11.1. The minimum Gasteiger partial charge on any atom is -0.361 e. The normalized spacial score (nSPS) is 19.0. The second-order valence-corrected chi connectivity index (χ2v) is 5.52. The van der Waals surface area contributed by atoms with Crippen LogP contribution in [0, 0.1) is 11.3 Å². The highest BCUT2D eigenvalue weighted by Crippen LogP contribution is 2.41. The molecule has 96 valence electrons. The number of aromatic nitrogens is 1. The van der Waals surface area contributed by atoms with Gasteiger partial charge in [0.25, 0.3) is 0 Å². The van der Waals surface area contributed by atoms with Crippen molar-refractivity contribution in [2.45, 2.75) is 11.8 Å². The molecule has 1 fully saturated rings. The Labute approximate surface area is 115 Å². The van der Waals surface area contributed by atoms with E-state index >= 15 is 0 Å². The van der Waals surface area contributed by atoms with Crippen LogP contribution in [0.2, 0.25) is 0 Å². The number of nitrogens with one attached hydrogen (secondary N) is 1. The Morgan fingerprint density at radius 3 is 3.16 bits per heavy atom. The Morgan fingerprint density at radius 2 is 2.32 bits per heavy atom. The molecule has 1 aliphatic rings. The zero-order chi connectivity index (χ0) is 13.2. The number of carbonyl (C=O) groups is 1. The van der Waals surface area contributed by atoms with Gasteiger partial charge in [0.2, 0.25) is 5.91 Å². The quantitative estimate of drug-likeness (QED) is 0.933. The van der Waals surface area contributed by atoms with Gasteiger partial charge in [0.1, 0.15) is 5.37 Å². The highest BCUT2D eigenvalue weighted by Gasteiger charge is 2.33. The van der Waals surface area contributed by atoms with E-state index in [1.165, 1.54) is 0 Å². The van der Waals surface area contributed by atoms with Crippen LogP contribution in [0.15, 0.2) is 30.5 Å². The second kappa shape index (κ2) is 4.98. The Morgan fingerprint density at radius 1 is 1.47 bits per heavy atom. The summed E-state index contributed by atoms with van der Waals surface area (Å²) in [7, 11) is 0. The van der Waals surface area contributed by atoms with Crippen LogP contribution in [-0.4, -0.2) is 28.1 Å². The maximum absolute atomic E-state index is 11.9. The number of benzene rings is 1. The first kappa shape index (κ1) is 12.1. The fourth-order valence-electron chi connectivity index (χ4n) is 2.42. The molecule has 19 heavy (non-hydrogen) atoms. The molecule has 0 aliphatic carbocycles. The first-order valence-electron chi connectivity index (χ1n) is 6.15. The monoisotopic (exact) mass is 271 g/mol. The predicted molar refractivity (Wildman–Crippen MR) is 75.4 cm³/mol. The van der Waals surface area contributed by atoms with Crippen LogP contribution in [0.3, 0.4) is 0 Å². The lowest BCUT2D eigenvalue weighted by atomic mass is 10.1. The lowest BCUT2D eigenvalue weighted by molar-refractivity contribution is -0.127. The Balaban J connectivity index is 1.96. The second-order valence-electron chi connectivity index (χ2n) is 4.45. The zero-order valence-electron chi connectivity index (χ0n) is 10.3. The molecule has 1 atom stereocenters. The number of rotatable bonds is 3. The fraction of sp³-hybridized carbons (Fsp3) is 0.286. The highest BCUT2D eigenvalue weighted by atomic mass is 32.2. The number of nitrogens with zero attached hydrogens (tertiary/aromatic N) is 2. The number of thioether (sulfide) groups is 1. The third-order valence-electron chi connectivity index (χ3n) is 3.32. The molecule has 1 N–H and O–H groups in total. The van der Waals surface area contributed by atoms with E-state index in [1.54, 1.807) is 11.8 Å². The van der Waals surface area contributed by atoms with Crippen LogP contribution in [0.5, 0.6) is 0 Å². The largest absolute Gasteiger partial charge is 0.361 e. The number of amides is 1. The summed E-state index contributed by atoms with van der Waals surface area (Å²) in [6.45, 7) is 0.506. The number of H-pyrrole nitrogens is 1. The van der Waals surface area contributed by atoms with Gasteiger partial charge in [-0.2, -0.15) is 5.26 Å². The number of aromatic amines is 1. The van der Waals surface area contributed by atoms with E-state index in [4.69, 9.17) is 5.26 Å². The summed E-state index contributed by atoms with van der Waals surface area (Å²) in [5.41, 5.74) is 2.21. The van der Waals surface area contributed by atoms with E-state index in [2.05, 4.69) is 17.1 Å².